The van der Waals surface area contributed by atoms with Crippen molar-refractivity contribution >= 4 is 29.1 Å². The molecule has 2 rings (SSSR count). The average molecular weight is 310 g/mol. The van der Waals surface area contributed by atoms with Gasteiger partial charge in [-0.05, 0) is 19.1 Å². The molecule has 1 aromatic heterocycles. The molecule has 8 nitrogen and oxygen atoms in total. The minimum Gasteiger partial charge on any atom is -0.432 e. The van der Waals surface area contributed by atoms with E-state index in [0.717, 1.165) is 0 Å². The summed E-state index contributed by atoms with van der Waals surface area (Å²) in [5, 5.41) is 14.2. The maximum Gasteiger partial charge on any atom is 0.313 e. The molecule has 0 spiro atoms. The Hall–Kier alpha value is -2.61. The van der Waals surface area contributed by atoms with Crippen molar-refractivity contribution < 1.29 is 9.66 Å². The van der Waals surface area contributed by atoms with E-state index < -0.39 is 4.92 Å². The van der Waals surface area contributed by atoms with E-state index in [1.54, 1.807) is 0 Å². The van der Waals surface area contributed by atoms with Crippen molar-refractivity contribution in [1.29, 1.82) is 0 Å². The predicted molar refractivity (Wildman–Crippen MR) is 78.8 cm³/mol. The van der Waals surface area contributed by atoms with Gasteiger partial charge >= 0.3 is 5.69 Å². The second-order valence-electron chi connectivity index (χ2n) is 3.95. The molecular weight excluding hydrogens is 298 g/mol. The summed E-state index contributed by atoms with van der Waals surface area (Å²) < 4.78 is 5.42. The zero-order chi connectivity index (χ0) is 15.4. The number of nitrogens with one attached hydrogen (secondary N) is 1. The molecule has 0 atom stereocenters. The number of nitrogens with two attached hydrogens (primary N) is 1. The summed E-state index contributed by atoms with van der Waals surface area (Å²) in [6.07, 6.45) is 0. The van der Waals surface area contributed by atoms with Gasteiger partial charge < -0.3 is 15.8 Å². The maximum atomic E-state index is 11.0. The van der Waals surface area contributed by atoms with Crippen molar-refractivity contribution in [2.45, 2.75) is 6.92 Å². The number of hydrogen-bond acceptors (Lipinski definition) is 7. The highest BCUT2D eigenvalue weighted by atomic mass is 35.5. The van der Waals surface area contributed by atoms with Gasteiger partial charge in [0.05, 0.1) is 4.92 Å². The maximum absolute atomic E-state index is 11.0. The van der Waals surface area contributed by atoms with Crippen LogP contribution in [0.4, 0.5) is 17.5 Å². The quantitative estimate of drug-likeness (QED) is 0.644. The van der Waals surface area contributed by atoms with E-state index >= 15 is 0 Å². The third kappa shape index (κ3) is 3.69. The van der Waals surface area contributed by atoms with Crippen molar-refractivity contribution in [3.8, 4) is 11.6 Å². The minimum absolute atomic E-state index is 0.0000617. The lowest BCUT2D eigenvalue weighted by atomic mass is 10.3. The van der Waals surface area contributed by atoms with E-state index in [-0.39, 0.29) is 28.3 Å². The summed E-state index contributed by atoms with van der Waals surface area (Å²) in [5.41, 5.74) is 5.31. The zero-order valence-corrected chi connectivity index (χ0v) is 11.8. The van der Waals surface area contributed by atoms with Crippen LogP contribution in [0.1, 0.15) is 6.92 Å². The van der Waals surface area contributed by atoms with Gasteiger partial charge in [0.1, 0.15) is 5.82 Å². The van der Waals surface area contributed by atoms with Gasteiger partial charge in [-0.1, -0.05) is 11.6 Å². The van der Waals surface area contributed by atoms with Crippen LogP contribution < -0.4 is 15.8 Å². The molecule has 0 saturated carbocycles. The van der Waals surface area contributed by atoms with E-state index in [2.05, 4.69) is 15.3 Å². The largest absolute Gasteiger partial charge is 0.432 e. The first kappa shape index (κ1) is 14.8. The van der Waals surface area contributed by atoms with Crippen molar-refractivity contribution in [3.05, 3.63) is 39.4 Å². The van der Waals surface area contributed by atoms with Crippen molar-refractivity contribution in [2.24, 2.45) is 0 Å². The van der Waals surface area contributed by atoms with Crippen molar-refractivity contribution in [1.82, 2.24) is 9.97 Å². The molecule has 21 heavy (non-hydrogen) atoms. The smallest absolute Gasteiger partial charge is 0.313 e. The number of benzene rings is 1. The number of nitrogens with zero attached hydrogens (tertiary/aromatic N) is 3. The highest BCUT2D eigenvalue weighted by molar-refractivity contribution is 6.30. The van der Waals surface area contributed by atoms with Crippen molar-refractivity contribution in [2.75, 3.05) is 17.6 Å². The number of halogens is 1. The van der Waals surface area contributed by atoms with Gasteiger partial charge in [0.25, 0.3) is 0 Å². The van der Waals surface area contributed by atoms with Gasteiger partial charge in [0.2, 0.25) is 17.6 Å². The Labute approximate surface area is 125 Å². The summed E-state index contributed by atoms with van der Waals surface area (Å²) in [4.78, 5) is 18.3. The molecular formula is C12H12ClN5O3. The molecule has 0 aliphatic rings. The summed E-state index contributed by atoms with van der Waals surface area (Å²) in [5.74, 6) is 0.588. The third-order valence-corrected chi connectivity index (χ3v) is 2.65. The first-order valence-corrected chi connectivity index (χ1v) is 6.37. The van der Waals surface area contributed by atoms with Gasteiger partial charge in [0, 0.05) is 23.7 Å². The molecule has 0 unspecified atom stereocenters. The molecule has 3 N–H and O–H groups in total. The molecule has 110 valence electrons. The van der Waals surface area contributed by atoms with Gasteiger partial charge in [-0.25, -0.2) is 0 Å². The fourth-order valence-electron chi connectivity index (χ4n) is 1.60. The first-order valence-electron chi connectivity index (χ1n) is 6.00. The van der Waals surface area contributed by atoms with Crippen LogP contribution in [0, 0.1) is 10.1 Å². The molecule has 9 heteroatoms. The van der Waals surface area contributed by atoms with Crippen LogP contribution in [0.15, 0.2) is 24.3 Å². The molecule has 1 heterocycles. The summed E-state index contributed by atoms with van der Waals surface area (Å²) >= 11 is 5.74. The zero-order valence-electron chi connectivity index (χ0n) is 11.0. The average Bonchev–Trinajstić information content (AvgIpc) is 2.40. The predicted octanol–water partition coefficient (Wildman–Crippen LogP) is 2.84. The topological polar surface area (TPSA) is 116 Å². The summed E-state index contributed by atoms with van der Waals surface area (Å²) in [7, 11) is 0. The Morgan fingerprint density at radius 3 is 2.86 bits per heavy atom. The molecule has 0 aliphatic heterocycles. The van der Waals surface area contributed by atoms with Gasteiger partial charge in [-0.15, -0.1) is 0 Å². The normalized spacial score (nSPS) is 10.2. The van der Waals surface area contributed by atoms with Crippen LogP contribution in [0.5, 0.6) is 11.6 Å². The lowest BCUT2D eigenvalue weighted by Crippen LogP contribution is -2.04. The van der Waals surface area contributed by atoms with E-state index in [1.165, 1.54) is 24.3 Å². The highest BCUT2D eigenvalue weighted by Gasteiger charge is 2.17. The van der Waals surface area contributed by atoms with Gasteiger partial charge in [0.15, 0.2) is 0 Å². The number of anilines is 2. The highest BCUT2D eigenvalue weighted by Crippen LogP contribution is 2.33. The minimum atomic E-state index is -0.586. The van der Waals surface area contributed by atoms with E-state index in [0.29, 0.717) is 12.4 Å². The summed E-state index contributed by atoms with van der Waals surface area (Å²) in [6, 6.07) is 5.58. The SMILES string of the molecule is CCNc1cc(Oc2ccc(Cl)cc2[N+](=O)[O-])nc(N)n1. The molecule has 0 fully saturated rings. The van der Waals surface area contributed by atoms with Crippen LogP contribution in [0.2, 0.25) is 5.02 Å². The van der Waals surface area contributed by atoms with E-state index in [1.807, 2.05) is 6.92 Å². The molecule has 2 aromatic rings. The van der Waals surface area contributed by atoms with Crippen LogP contribution in [-0.2, 0) is 0 Å². The lowest BCUT2D eigenvalue weighted by Gasteiger charge is -2.08. The second-order valence-corrected chi connectivity index (χ2v) is 4.39. The Morgan fingerprint density at radius 2 is 2.19 bits per heavy atom. The van der Waals surface area contributed by atoms with Crippen molar-refractivity contribution in [3.63, 3.8) is 0 Å². The van der Waals surface area contributed by atoms with Crippen LogP contribution in [-0.4, -0.2) is 21.4 Å². The number of rotatable bonds is 5. The molecule has 0 saturated heterocycles. The molecule has 0 radical (unpaired) electrons. The van der Waals surface area contributed by atoms with E-state index in [4.69, 9.17) is 22.1 Å². The lowest BCUT2D eigenvalue weighted by molar-refractivity contribution is -0.385. The first-order chi connectivity index (χ1) is 9.99. The number of ether oxygens (including phenoxy) is 1. The van der Waals surface area contributed by atoms with Gasteiger partial charge in [-0.3, -0.25) is 10.1 Å². The number of nitro groups is 1. The Morgan fingerprint density at radius 1 is 1.43 bits per heavy atom. The Bertz CT molecular complexity index is 680. The monoisotopic (exact) mass is 309 g/mol. The number of hydrogen-bond donors (Lipinski definition) is 2. The summed E-state index contributed by atoms with van der Waals surface area (Å²) in [6.45, 7) is 2.53. The molecule has 0 amide bonds. The van der Waals surface area contributed by atoms with Gasteiger partial charge in [-0.2, -0.15) is 9.97 Å². The number of aromatic nitrogens is 2. The second kappa shape index (κ2) is 6.23. The number of nitro benzene ring substituents is 1. The molecule has 0 aliphatic carbocycles. The van der Waals surface area contributed by atoms with E-state index in [9.17, 15) is 10.1 Å². The van der Waals surface area contributed by atoms with Crippen LogP contribution >= 0.6 is 11.6 Å². The van der Waals surface area contributed by atoms with Crippen LogP contribution in [0.3, 0.4) is 0 Å². The Balaban J connectivity index is 2.36. The number of nitrogen functional groups attached to an aromatic ring is 1. The standard InChI is InChI=1S/C12H12ClN5O3/c1-2-15-10-6-11(17-12(14)16-10)21-9-4-3-7(13)5-8(9)18(19)20/h3-6H,2H2,1H3,(H3,14,15,16,17). The van der Waals surface area contributed by atoms with Crippen LogP contribution in [0.25, 0.3) is 0 Å². The fraction of sp³-hybridized carbons (Fsp3) is 0.167. The molecule has 1 aromatic carbocycles. The molecule has 0 bridgehead atoms. The fourth-order valence-corrected chi connectivity index (χ4v) is 1.77. The third-order valence-electron chi connectivity index (χ3n) is 2.41. The Kier molecular flexibility index (Phi) is 4.39.